The minimum absolute atomic E-state index is 0.587. The van der Waals surface area contributed by atoms with Gasteiger partial charge in [-0.05, 0) is 24.3 Å². The molecular formula is C10H6Cl2N2S. The molecule has 0 fully saturated rings. The topological polar surface area (TPSA) is 28.7 Å². The molecule has 0 aliphatic carbocycles. The van der Waals surface area contributed by atoms with Crippen molar-refractivity contribution >= 4 is 35.4 Å². The average Bonchev–Trinajstić information content (AvgIpc) is 2.22. The van der Waals surface area contributed by atoms with Crippen molar-refractivity contribution in [1.29, 1.82) is 0 Å². The first kappa shape index (κ1) is 10.6. The minimum atomic E-state index is 0.587. The van der Waals surface area contributed by atoms with Gasteiger partial charge >= 0.3 is 0 Å². The Balaban J connectivity index is 2.63. The molecule has 5 heteroatoms. The van der Waals surface area contributed by atoms with Gasteiger partial charge in [-0.1, -0.05) is 35.4 Å². The molecule has 2 aromatic rings. The van der Waals surface area contributed by atoms with E-state index in [9.17, 15) is 0 Å². The normalized spacial score (nSPS) is 10.3. The average molecular weight is 257 g/mol. The second kappa shape index (κ2) is 4.31. The molecule has 0 unspecified atom stereocenters. The number of aromatic amines is 1. The lowest BCUT2D eigenvalue weighted by Gasteiger charge is -2.03. The summed E-state index contributed by atoms with van der Waals surface area (Å²) in [6.07, 6.45) is 1.63. The highest BCUT2D eigenvalue weighted by atomic mass is 35.5. The third kappa shape index (κ3) is 2.37. The standard InChI is InChI=1S/C10H6Cl2N2S/c11-6-1-2-8(12)7(5-6)10-13-4-3-9(15)14-10/h1-5H,(H,13,14,15). The Morgan fingerprint density at radius 3 is 2.73 bits per heavy atom. The van der Waals surface area contributed by atoms with Gasteiger partial charge in [-0.3, -0.25) is 0 Å². The van der Waals surface area contributed by atoms with Gasteiger partial charge in [-0.25, -0.2) is 4.98 Å². The van der Waals surface area contributed by atoms with Crippen LogP contribution in [0.1, 0.15) is 0 Å². The number of hydrogen-bond donors (Lipinski definition) is 1. The van der Waals surface area contributed by atoms with Crippen molar-refractivity contribution < 1.29 is 0 Å². The van der Waals surface area contributed by atoms with E-state index in [1.165, 1.54) is 0 Å². The first-order chi connectivity index (χ1) is 7.16. The summed E-state index contributed by atoms with van der Waals surface area (Å²) in [6, 6.07) is 6.91. The van der Waals surface area contributed by atoms with Crippen LogP contribution in [0.4, 0.5) is 0 Å². The van der Waals surface area contributed by atoms with E-state index >= 15 is 0 Å². The summed E-state index contributed by atoms with van der Waals surface area (Å²) >= 11 is 16.9. The predicted octanol–water partition coefficient (Wildman–Crippen LogP) is 4.11. The molecule has 0 aliphatic rings. The van der Waals surface area contributed by atoms with E-state index in [-0.39, 0.29) is 0 Å². The highest BCUT2D eigenvalue weighted by Gasteiger charge is 2.05. The number of nitrogens with one attached hydrogen (secondary N) is 1. The fraction of sp³-hybridized carbons (Fsp3) is 0. The predicted molar refractivity (Wildman–Crippen MR) is 64.9 cm³/mol. The summed E-state index contributed by atoms with van der Waals surface area (Å²) < 4.78 is 0.607. The number of aromatic nitrogens is 2. The number of H-pyrrole nitrogens is 1. The van der Waals surface area contributed by atoms with Gasteiger partial charge < -0.3 is 4.98 Å². The van der Waals surface area contributed by atoms with Gasteiger partial charge in [0.25, 0.3) is 0 Å². The van der Waals surface area contributed by atoms with Crippen LogP contribution < -0.4 is 0 Å². The van der Waals surface area contributed by atoms with Crippen molar-refractivity contribution in [3.8, 4) is 11.4 Å². The molecule has 0 aliphatic heterocycles. The second-order valence-electron chi connectivity index (χ2n) is 2.91. The van der Waals surface area contributed by atoms with Gasteiger partial charge in [0, 0.05) is 16.8 Å². The maximum atomic E-state index is 6.03. The number of nitrogens with zero attached hydrogens (tertiary/aromatic N) is 1. The van der Waals surface area contributed by atoms with Crippen molar-refractivity contribution in [3.63, 3.8) is 0 Å². The fourth-order valence-corrected chi connectivity index (χ4v) is 1.72. The van der Waals surface area contributed by atoms with Crippen molar-refractivity contribution in [2.75, 3.05) is 0 Å². The third-order valence-electron chi connectivity index (χ3n) is 1.85. The summed E-state index contributed by atoms with van der Waals surface area (Å²) in [4.78, 5) is 7.10. The number of hydrogen-bond acceptors (Lipinski definition) is 2. The molecule has 0 amide bonds. The lowest BCUT2D eigenvalue weighted by Crippen LogP contribution is -1.88. The number of benzene rings is 1. The smallest absolute Gasteiger partial charge is 0.139 e. The summed E-state index contributed by atoms with van der Waals surface area (Å²) in [7, 11) is 0. The van der Waals surface area contributed by atoms with E-state index in [1.807, 2.05) is 0 Å². The van der Waals surface area contributed by atoms with Crippen LogP contribution in [0.3, 0.4) is 0 Å². The van der Waals surface area contributed by atoms with E-state index < -0.39 is 0 Å². The highest BCUT2D eigenvalue weighted by Crippen LogP contribution is 2.27. The largest absolute Gasteiger partial charge is 0.331 e. The molecule has 1 N–H and O–H groups in total. The molecule has 0 bridgehead atoms. The van der Waals surface area contributed by atoms with Gasteiger partial charge in [0.15, 0.2) is 0 Å². The molecule has 1 aromatic carbocycles. The van der Waals surface area contributed by atoms with Crippen LogP contribution in [-0.4, -0.2) is 9.97 Å². The van der Waals surface area contributed by atoms with Crippen LogP contribution in [0.25, 0.3) is 11.4 Å². The molecule has 0 spiro atoms. The van der Waals surface area contributed by atoms with Crippen molar-refractivity contribution in [2.45, 2.75) is 0 Å². The highest BCUT2D eigenvalue weighted by molar-refractivity contribution is 7.71. The summed E-state index contributed by atoms with van der Waals surface area (Å²) in [5, 5.41) is 1.20. The van der Waals surface area contributed by atoms with Crippen LogP contribution in [0.2, 0.25) is 10.0 Å². The van der Waals surface area contributed by atoms with Gasteiger partial charge in [0.2, 0.25) is 0 Å². The molecule has 0 saturated carbocycles. The minimum Gasteiger partial charge on any atom is -0.331 e. The van der Waals surface area contributed by atoms with Gasteiger partial charge in [0.1, 0.15) is 10.5 Å². The van der Waals surface area contributed by atoms with Crippen LogP contribution in [0, 0.1) is 4.64 Å². The molecule has 76 valence electrons. The second-order valence-corrected chi connectivity index (χ2v) is 4.19. The van der Waals surface area contributed by atoms with Gasteiger partial charge in [-0.2, -0.15) is 0 Å². The molecular weight excluding hydrogens is 251 g/mol. The van der Waals surface area contributed by atoms with E-state index in [0.717, 1.165) is 5.56 Å². The number of halogens is 2. The molecule has 1 aromatic heterocycles. The molecule has 0 saturated heterocycles. The number of rotatable bonds is 1. The van der Waals surface area contributed by atoms with E-state index in [1.54, 1.807) is 30.5 Å². The van der Waals surface area contributed by atoms with Crippen LogP contribution in [-0.2, 0) is 0 Å². The van der Waals surface area contributed by atoms with Crippen molar-refractivity contribution in [3.05, 3.63) is 45.1 Å². The lowest BCUT2D eigenvalue weighted by atomic mass is 10.2. The van der Waals surface area contributed by atoms with E-state index in [0.29, 0.717) is 20.5 Å². The summed E-state index contributed by atoms with van der Waals surface area (Å²) in [6.45, 7) is 0. The maximum absolute atomic E-state index is 6.03. The Morgan fingerprint density at radius 1 is 1.20 bits per heavy atom. The Hall–Kier alpha value is -0.900. The molecule has 0 radical (unpaired) electrons. The fourth-order valence-electron chi connectivity index (χ4n) is 1.19. The zero-order valence-corrected chi connectivity index (χ0v) is 9.83. The Bertz CT molecular complexity index is 551. The summed E-state index contributed by atoms with van der Waals surface area (Å²) in [5.74, 6) is 0.620. The van der Waals surface area contributed by atoms with Crippen molar-refractivity contribution in [1.82, 2.24) is 9.97 Å². The summed E-state index contributed by atoms with van der Waals surface area (Å²) in [5.41, 5.74) is 0.746. The van der Waals surface area contributed by atoms with E-state index in [2.05, 4.69) is 9.97 Å². The third-order valence-corrected chi connectivity index (χ3v) is 2.66. The van der Waals surface area contributed by atoms with Crippen LogP contribution >= 0.6 is 35.4 Å². The Morgan fingerprint density at radius 2 is 2.00 bits per heavy atom. The molecule has 15 heavy (non-hydrogen) atoms. The Kier molecular flexibility index (Phi) is 3.05. The van der Waals surface area contributed by atoms with E-state index in [4.69, 9.17) is 35.4 Å². The zero-order chi connectivity index (χ0) is 10.8. The van der Waals surface area contributed by atoms with Gasteiger partial charge in [-0.15, -0.1) is 0 Å². The Labute approximate surface area is 102 Å². The van der Waals surface area contributed by atoms with Crippen molar-refractivity contribution in [2.24, 2.45) is 0 Å². The van der Waals surface area contributed by atoms with Gasteiger partial charge in [0.05, 0.1) is 5.02 Å². The van der Waals surface area contributed by atoms with Crippen LogP contribution in [0.15, 0.2) is 30.5 Å². The quantitative estimate of drug-likeness (QED) is 0.778. The van der Waals surface area contributed by atoms with Crippen LogP contribution in [0.5, 0.6) is 0 Å². The maximum Gasteiger partial charge on any atom is 0.139 e. The molecule has 2 rings (SSSR count). The monoisotopic (exact) mass is 256 g/mol. The zero-order valence-electron chi connectivity index (χ0n) is 7.50. The molecule has 1 heterocycles. The first-order valence-corrected chi connectivity index (χ1v) is 5.34. The first-order valence-electron chi connectivity index (χ1n) is 4.17. The molecule has 2 nitrogen and oxygen atoms in total. The molecule has 0 atom stereocenters. The lowest BCUT2D eigenvalue weighted by molar-refractivity contribution is 1.16. The SMILES string of the molecule is S=c1ccnc(-c2cc(Cl)ccc2Cl)[nH]1.